The van der Waals surface area contributed by atoms with Crippen molar-refractivity contribution < 1.29 is 0 Å². The van der Waals surface area contributed by atoms with Crippen LogP contribution in [0.15, 0.2) is 30.3 Å². The Morgan fingerprint density at radius 3 is 2.53 bits per heavy atom. The first-order valence-electron chi connectivity index (χ1n) is 6.38. The quantitative estimate of drug-likeness (QED) is 0.834. The molecule has 1 aromatic carbocycles. The first-order chi connectivity index (χ1) is 8.29. The maximum absolute atomic E-state index is 4.59. The van der Waals surface area contributed by atoms with E-state index in [0.29, 0.717) is 0 Å². The number of aryl methyl sites for hydroxylation is 4. The SMILES string of the molecule is CCCc1[nH]c(C)nc1CCc1ccccc1. The normalized spacial score (nSPS) is 10.7. The van der Waals surface area contributed by atoms with Crippen LogP contribution in [0.4, 0.5) is 0 Å². The van der Waals surface area contributed by atoms with Crippen LogP contribution in [-0.4, -0.2) is 9.97 Å². The molecule has 1 N–H and O–H groups in total. The van der Waals surface area contributed by atoms with Crippen molar-refractivity contribution >= 4 is 0 Å². The van der Waals surface area contributed by atoms with E-state index in [1.807, 2.05) is 6.92 Å². The van der Waals surface area contributed by atoms with Crippen LogP contribution in [0.3, 0.4) is 0 Å². The fourth-order valence-corrected chi connectivity index (χ4v) is 2.16. The third-order valence-corrected chi connectivity index (χ3v) is 2.98. The Labute approximate surface area is 103 Å². The summed E-state index contributed by atoms with van der Waals surface area (Å²) in [4.78, 5) is 7.96. The molecule has 0 spiro atoms. The van der Waals surface area contributed by atoms with E-state index in [4.69, 9.17) is 0 Å². The molecule has 1 heterocycles. The second kappa shape index (κ2) is 5.67. The van der Waals surface area contributed by atoms with E-state index >= 15 is 0 Å². The summed E-state index contributed by atoms with van der Waals surface area (Å²) in [6.45, 7) is 4.24. The summed E-state index contributed by atoms with van der Waals surface area (Å²) in [5.74, 6) is 1.04. The standard InChI is InChI=1S/C15H20N2/c1-3-7-14-15(17-12(2)16-14)11-10-13-8-5-4-6-9-13/h4-6,8-9H,3,7,10-11H2,1-2H3,(H,16,17). The number of imidazole rings is 1. The van der Waals surface area contributed by atoms with Gasteiger partial charge >= 0.3 is 0 Å². The Morgan fingerprint density at radius 2 is 1.82 bits per heavy atom. The van der Waals surface area contributed by atoms with E-state index in [-0.39, 0.29) is 0 Å². The van der Waals surface area contributed by atoms with Crippen molar-refractivity contribution in [3.63, 3.8) is 0 Å². The van der Waals surface area contributed by atoms with Crippen LogP contribution in [0.5, 0.6) is 0 Å². The van der Waals surface area contributed by atoms with Crippen LogP contribution in [0.1, 0.15) is 36.1 Å². The minimum absolute atomic E-state index is 1.03. The molecule has 0 saturated carbocycles. The van der Waals surface area contributed by atoms with Gasteiger partial charge in [-0.3, -0.25) is 0 Å². The lowest BCUT2D eigenvalue weighted by atomic mass is 10.1. The molecule has 0 aliphatic heterocycles. The van der Waals surface area contributed by atoms with Crippen LogP contribution >= 0.6 is 0 Å². The molecule has 0 atom stereocenters. The molecule has 2 nitrogen and oxygen atoms in total. The van der Waals surface area contributed by atoms with Crippen LogP contribution in [-0.2, 0) is 19.3 Å². The first kappa shape index (κ1) is 11.9. The molecule has 0 unspecified atom stereocenters. The van der Waals surface area contributed by atoms with Crippen molar-refractivity contribution in [2.75, 3.05) is 0 Å². The molecule has 17 heavy (non-hydrogen) atoms. The number of nitrogens with one attached hydrogen (secondary N) is 1. The molecule has 0 saturated heterocycles. The van der Waals surface area contributed by atoms with Crippen molar-refractivity contribution in [3.05, 3.63) is 53.1 Å². The minimum Gasteiger partial charge on any atom is -0.346 e. The molecule has 2 rings (SSSR count). The van der Waals surface area contributed by atoms with Crippen LogP contribution < -0.4 is 0 Å². The summed E-state index contributed by atoms with van der Waals surface area (Å²) >= 11 is 0. The molecule has 0 aliphatic rings. The summed E-state index contributed by atoms with van der Waals surface area (Å²) in [7, 11) is 0. The number of nitrogens with zero attached hydrogens (tertiary/aromatic N) is 1. The van der Waals surface area contributed by atoms with Gasteiger partial charge in [-0.25, -0.2) is 4.98 Å². The van der Waals surface area contributed by atoms with Gasteiger partial charge in [0.05, 0.1) is 5.69 Å². The van der Waals surface area contributed by atoms with Crippen molar-refractivity contribution in [2.24, 2.45) is 0 Å². The lowest BCUT2D eigenvalue weighted by Crippen LogP contribution is -1.96. The second-order valence-corrected chi connectivity index (χ2v) is 4.48. The summed E-state index contributed by atoms with van der Waals surface area (Å²) < 4.78 is 0. The Bertz CT molecular complexity index is 457. The highest BCUT2D eigenvalue weighted by Crippen LogP contribution is 2.12. The van der Waals surface area contributed by atoms with Crippen molar-refractivity contribution in [1.82, 2.24) is 9.97 Å². The van der Waals surface area contributed by atoms with Crippen molar-refractivity contribution in [1.29, 1.82) is 0 Å². The maximum atomic E-state index is 4.59. The van der Waals surface area contributed by atoms with Gasteiger partial charge in [0.2, 0.25) is 0 Å². The van der Waals surface area contributed by atoms with Crippen LogP contribution in [0.2, 0.25) is 0 Å². The Kier molecular flexibility index (Phi) is 3.97. The molecule has 0 fully saturated rings. The molecule has 0 bridgehead atoms. The highest BCUT2D eigenvalue weighted by molar-refractivity contribution is 5.19. The monoisotopic (exact) mass is 228 g/mol. The molecule has 2 heteroatoms. The van der Waals surface area contributed by atoms with Crippen LogP contribution in [0, 0.1) is 6.92 Å². The Hall–Kier alpha value is -1.57. The zero-order chi connectivity index (χ0) is 12.1. The average molecular weight is 228 g/mol. The molecular weight excluding hydrogens is 208 g/mol. The number of aromatic amines is 1. The molecule has 2 aromatic rings. The fraction of sp³-hybridized carbons (Fsp3) is 0.400. The van der Waals surface area contributed by atoms with E-state index in [2.05, 4.69) is 47.2 Å². The van der Waals surface area contributed by atoms with Gasteiger partial charge in [0.15, 0.2) is 0 Å². The second-order valence-electron chi connectivity index (χ2n) is 4.48. The third-order valence-electron chi connectivity index (χ3n) is 2.98. The summed E-state index contributed by atoms with van der Waals surface area (Å²) in [6, 6.07) is 10.6. The van der Waals surface area contributed by atoms with Gasteiger partial charge < -0.3 is 4.98 Å². The molecular formula is C15H20N2. The molecule has 0 radical (unpaired) electrons. The molecule has 0 amide bonds. The maximum Gasteiger partial charge on any atom is 0.103 e. The highest BCUT2D eigenvalue weighted by atomic mass is 14.9. The number of hydrogen-bond acceptors (Lipinski definition) is 1. The Morgan fingerprint density at radius 1 is 1.06 bits per heavy atom. The first-order valence-corrected chi connectivity index (χ1v) is 6.38. The number of benzene rings is 1. The number of H-pyrrole nitrogens is 1. The zero-order valence-electron chi connectivity index (χ0n) is 10.7. The third kappa shape index (κ3) is 3.19. The smallest absolute Gasteiger partial charge is 0.103 e. The van der Waals surface area contributed by atoms with Gasteiger partial charge in [-0.05, 0) is 31.7 Å². The van der Waals surface area contributed by atoms with E-state index in [0.717, 1.165) is 25.1 Å². The molecule has 0 aliphatic carbocycles. The molecule has 90 valence electrons. The Balaban J connectivity index is 2.03. The lowest BCUT2D eigenvalue weighted by molar-refractivity contribution is 0.844. The van der Waals surface area contributed by atoms with Crippen LogP contribution in [0.25, 0.3) is 0 Å². The lowest BCUT2D eigenvalue weighted by Gasteiger charge is -2.02. The van der Waals surface area contributed by atoms with Gasteiger partial charge in [-0.2, -0.15) is 0 Å². The van der Waals surface area contributed by atoms with E-state index in [1.54, 1.807) is 0 Å². The largest absolute Gasteiger partial charge is 0.346 e. The predicted molar refractivity (Wildman–Crippen MR) is 71.2 cm³/mol. The number of aromatic nitrogens is 2. The van der Waals surface area contributed by atoms with E-state index in [1.165, 1.54) is 23.4 Å². The predicted octanol–water partition coefficient (Wildman–Crippen LogP) is 3.46. The van der Waals surface area contributed by atoms with Gasteiger partial charge in [0.1, 0.15) is 5.82 Å². The van der Waals surface area contributed by atoms with Gasteiger partial charge in [0.25, 0.3) is 0 Å². The summed E-state index contributed by atoms with van der Waals surface area (Å²) in [5.41, 5.74) is 3.95. The zero-order valence-corrected chi connectivity index (χ0v) is 10.7. The van der Waals surface area contributed by atoms with Crippen molar-refractivity contribution in [3.8, 4) is 0 Å². The van der Waals surface area contributed by atoms with Crippen molar-refractivity contribution in [2.45, 2.75) is 39.5 Å². The van der Waals surface area contributed by atoms with E-state index in [9.17, 15) is 0 Å². The van der Waals surface area contributed by atoms with Gasteiger partial charge in [-0.1, -0.05) is 43.7 Å². The van der Waals surface area contributed by atoms with E-state index < -0.39 is 0 Å². The highest BCUT2D eigenvalue weighted by Gasteiger charge is 2.07. The van der Waals surface area contributed by atoms with Gasteiger partial charge in [-0.15, -0.1) is 0 Å². The summed E-state index contributed by atoms with van der Waals surface area (Å²) in [5, 5.41) is 0. The number of hydrogen-bond donors (Lipinski definition) is 1. The number of rotatable bonds is 5. The molecule has 1 aromatic heterocycles. The average Bonchev–Trinajstić information content (AvgIpc) is 2.69. The topological polar surface area (TPSA) is 28.7 Å². The fourth-order valence-electron chi connectivity index (χ4n) is 2.16. The minimum atomic E-state index is 1.03. The van der Waals surface area contributed by atoms with Gasteiger partial charge in [0, 0.05) is 5.69 Å². The summed E-state index contributed by atoms with van der Waals surface area (Å²) in [6.07, 6.45) is 4.37.